The molecule has 0 amide bonds. The molecule has 0 heterocycles. The first-order valence-corrected chi connectivity index (χ1v) is 6.62. The molecule has 0 aliphatic heterocycles. The Balaban J connectivity index is 1.93. The van der Waals surface area contributed by atoms with Crippen LogP contribution in [0.1, 0.15) is 37.5 Å². The minimum absolute atomic E-state index is 0.0417. The molecule has 1 aliphatic carbocycles. The maximum atomic E-state index is 10.2. The van der Waals surface area contributed by atoms with Crippen molar-refractivity contribution in [1.82, 2.24) is 0 Å². The maximum Gasteiger partial charge on any atom is 0.127 e. The van der Waals surface area contributed by atoms with Gasteiger partial charge in [0.1, 0.15) is 11.5 Å². The van der Waals surface area contributed by atoms with Gasteiger partial charge in [-0.25, -0.2) is 0 Å². The van der Waals surface area contributed by atoms with Crippen molar-refractivity contribution in [3.63, 3.8) is 0 Å². The number of aliphatic hydroxyl groups is 1. The van der Waals surface area contributed by atoms with Crippen molar-refractivity contribution >= 4 is 0 Å². The van der Waals surface area contributed by atoms with Crippen LogP contribution >= 0.6 is 0 Å². The Morgan fingerprint density at radius 3 is 2.53 bits per heavy atom. The highest BCUT2D eigenvalue weighted by Gasteiger charge is 2.35. The van der Waals surface area contributed by atoms with Crippen LogP contribution in [0.2, 0.25) is 0 Å². The van der Waals surface area contributed by atoms with Crippen LogP contribution in [0.15, 0.2) is 48.5 Å². The number of para-hydroxylation sites is 1. The number of hydrogen-bond donors (Lipinski definition) is 1. The van der Waals surface area contributed by atoms with Crippen LogP contribution in [0.3, 0.4) is 0 Å². The summed E-state index contributed by atoms with van der Waals surface area (Å²) < 4.78 is 5.81. The molecule has 98 valence electrons. The first-order chi connectivity index (χ1) is 9.06. The standard InChI is InChI=1S/C17H18O2/c1-17(2)11-16(18)14-10-13(8-9-15(14)17)19-12-6-4-3-5-7-12/h3-10,16,18H,11H2,1-2H3. The summed E-state index contributed by atoms with van der Waals surface area (Å²) in [4.78, 5) is 0. The number of aliphatic hydroxyl groups excluding tert-OH is 1. The lowest BCUT2D eigenvalue weighted by atomic mass is 9.86. The van der Waals surface area contributed by atoms with E-state index in [0.29, 0.717) is 0 Å². The lowest BCUT2D eigenvalue weighted by Crippen LogP contribution is -2.12. The molecule has 2 aromatic rings. The second-order valence-electron chi connectivity index (χ2n) is 5.77. The lowest BCUT2D eigenvalue weighted by molar-refractivity contribution is 0.161. The van der Waals surface area contributed by atoms with E-state index in [1.807, 2.05) is 42.5 Å². The molecule has 19 heavy (non-hydrogen) atoms. The highest BCUT2D eigenvalue weighted by molar-refractivity contribution is 5.46. The molecule has 0 radical (unpaired) electrons. The van der Waals surface area contributed by atoms with E-state index in [1.54, 1.807) is 0 Å². The smallest absolute Gasteiger partial charge is 0.127 e. The zero-order valence-electron chi connectivity index (χ0n) is 11.3. The molecule has 0 spiro atoms. The van der Waals surface area contributed by atoms with Gasteiger partial charge >= 0.3 is 0 Å². The summed E-state index contributed by atoms with van der Waals surface area (Å²) in [5.74, 6) is 1.59. The molecule has 2 nitrogen and oxygen atoms in total. The topological polar surface area (TPSA) is 29.5 Å². The Hall–Kier alpha value is -1.80. The van der Waals surface area contributed by atoms with Crippen molar-refractivity contribution in [2.75, 3.05) is 0 Å². The maximum absolute atomic E-state index is 10.2. The highest BCUT2D eigenvalue weighted by atomic mass is 16.5. The summed E-state index contributed by atoms with van der Waals surface area (Å²) in [5.41, 5.74) is 2.26. The summed E-state index contributed by atoms with van der Waals surface area (Å²) in [6.07, 6.45) is 0.390. The number of benzene rings is 2. The molecule has 1 atom stereocenters. The normalized spacial score (nSPS) is 20.1. The fourth-order valence-electron chi connectivity index (χ4n) is 2.82. The van der Waals surface area contributed by atoms with E-state index in [4.69, 9.17) is 4.74 Å². The second kappa shape index (κ2) is 4.39. The number of fused-ring (bicyclic) bond motifs is 1. The highest BCUT2D eigenvalue weighted by Crippen LogP contribution is 2.45. The third kappa shape index (κ3) is 2.24. The summed E-state index contributed by atoms with van der Waals surface area (Å²) in [5, 5.41) is 10.2. The lowest BCUT2D eigenvalue weighted by Gasteiger charge is -2.18. The summed E-state index contributed by atoms with van der Waals surface area (Å²) in [6, 6.07) is 15.7. The van der Waals surface area contributed by atoms with Crippen LogP contribution in [-0.2, 0) is 5.41 Å². The number of ether oxygens (including phenoxy) is 1. The molecule has 0 saturated heterocycles. The van der Waals surface area contributed by atoms with E-state index in [9.17, 15) is 5.11 Å². The predicted molar refractivity (Wildman–Crippen MR) is 75.6 cm³/mol. The molecular weight excluding hydrogens is 236 g/mol. The fourth-order valence-corrected chi connectivity index (χ4v) is 2.82. The zero-order valence-corrected chi connectivity index (χ0v) is 11.3. The van der Waals surface area contributed by atoms with Crippen molar-refractivity contribution in [2.24, 2.45) is 0 Å². The van der Waals surface area contributed by atoms with E-state index in [1.165, 1.54) is 5.56 Å². The van der Waals surface area contributed by atoms with Gasteiger partial charge in [0, 0.05) is 0 Å². The van der Waals surface area contributed by atoms with Gasteiger partial charge in [0.05, 0.1) is 6.10 Å². The Labute approximate surface area is 113 Å². The second-order valence-corrected chi connectivity index (χ2v) is 5.77. The van der Waals surface area contributed by atoms with Crippen LogP contribution < -0.4 is 4.74 Å². The molecule has 0 bridgehead atoms. The van der Waals surface area contributed by atoms with Crippen molar-refractivity contribution in [1.29, 1.82) is 0 Å². The van der Waals surface area contributed by atoms with E-state index in [-0.39, 0.29) is 11.5 Å². The van der Waals surface area contributed by atoms with E-state index in [0.717, 1.165) is 23.5 Å². The van der Waals surface area contributed by atoms with Gasteiger partial charge in [0.25, 0.3) is 0 Å². The number of hydrogen-bond acceptors (Lipinski definition) is 2. The van der Waals surface area contributed by atoms with Crippen LogP contribution in [0.25, 0.3) is 0 Å². The molecule has 1 unspecified atom stereocenters. The molecule has 2 aromatic carbocycles. The van der Waals surface area contributed by atoms with Gasteiger partial charge in [-0.3, -0.25) is 0 Å². The van der Waals surface area contributed by atoms with Gasteiger partial charge in [-0.1, -0.05) is 38.1 Å². The molecule has 3 rings (SSSR count). The van der Waals surface area contributed by atoms with Gasteiger partial charge in [-0.2, -0.15) is 0 Å². The van der Waals surface area contributed by atoms with Gasteiger partial charge in [0.15, 0.2) is 0 Å². The summed E-state index contributed by atoms with van der Waals surface area (Å²) in [6.45, 7) is 4.33. The molecule has 1 aliphatic rings. The quantitative estimate of drug-likeness (QED) is 0.870. The minimum atomic E-state index is -0.385. The third-order valence-electron chi connectivity index (χ3n) is 3.79. The first-order valence-electron chi connectivity index (χ1n) is 6.62. The van der Waals surface area contributed by atoms with E-state index < -0.39 is 0 Å². The fraction of sp³-hybridized carbons (Fsp3) is 0.294. The first kappa shape index (κ1) is 12.2. The summed E-state index contributed by atoms with van der Waals surface area (Å²) in [7, 11) is 0. The van der Waals surface area contributed by atoms with E-state index in [2.05, 4.69) is 19.9 Å². The average Bonchev–Trinajstić information content (AvgIpc) is 2.61. The van der Waals surface area contributed by atoms with Crippen molar-refractivity contribution in [3.8, 4) is 11.5 Å². The van der Waals surface area contributed by atoms with E-state index >= 15 is 0 Å². The van der Waals surface area contributed by atoms with Crippen LogP contribution in [0.4, 0.5) is 0 Å². The summed E-state index contributed by atoms with van der Waals surface area (Å²) >= 11 is 0. The van der Waals surface area contributed by atoms with Gasteiger partial charge < -0.3 is 9.84 Å². The minimum Gasteiger partial charge on any atom is -0.457 e. The molecular formula is C17H18O2. The third-order valence-corrected chi connectivity index (χ3v) is 3.79. The predicted octanol–water partition coefficient (Wildman–Crippen LogP) is 4.19. The Morgan fingerprint density at radius 2 is 1.79 bits per heavy atom. The number of rotatable bonds is 2. The Morgan fingerprint density at radius 1 is 1.05 bits per heavy atom. The molecule has 0 saturated carbocycles. The largest absolute Gasteiger partial charge is 0.457 e. The van der Waals surface area contributed by atoms with Gasteiger partial charge in [0.2, 0.25) is 0 Å². The zero-order chi connectivity index (χ0) is 13.5. The molecule has 0 fully saturated rings. The van der Waals surface area contributed by atoms with Crippen LogP contribution in [0, 0.1) is 0 Å². The monoisotopic (exact) mass is 254 g/mol. The molecule has 2 heteroatoms. The molecule has 1 N–H and O–H groups in total. The van der Waals surface area contributed by atoms with Crippen molar-refractivity contribution < 1.29 is 9.84 Å². The average molecular weight is 254 g/mol. The van der Waals surface area contributed by atoms with Gasteiger partial charge in [-0.05, 0) is 47.2 Å². The Bertz CT molecular complexity index is 587. The van der Waals surface area contributed by atoms with Crippen LogP contribution in [-0.4, -0.2) is 5.11 Å². The molecule has 0 aromatic heterocycles. The Kier molecular flexibility index (Phi) is 2.83. The van der Waals surface area contributed by atoms with Gasteiger partial charge in [-0.15, -0.1) is 0 Å². The SMILES string of the molecule is CC1(C)CC(O)c2cc(Oc3ccccc3)ccc21. The van der Waals surface area contributed by atoms with Crippen molar-refractivity contribution in [2.45, 2.75) is 31.8 Å². The van der Waals surface area contributed by atoms with Crippen molar-refractivity contribution in [3.05, 3.63) is 59.7 Å². The van der Waals surface area contributed by atoms with Crippen LogP contribution in [0.5, 0.6) is 11.5 Å².